The number of hydrogen-bond donors (Lipinski definition) is 1. The van der Waals surface area contributed by atoms with Gasteiger partial charge >= 0.3 is 0 Å². The van der Waals surface area contributed by atoms with Crippen LogP contribution in [-0.2, 0) is 6.42 Å². The molecule has 1 aliphatic carbocycles. The van der Waals surface area contributed by atoms with E-state index < -0.39 is 0 Å². The highest BCUT2D eigenvalue weighted by Gasteiger charge is 2.24. The summed E-state index contributed by atoms with van der Waals surface area (Å²) in [6, 6.07) is 0. The predicted octanol–water partition coefficient (Wildman–Crippen LogP) is 4.45. The molecule has 0 radical (unpaired) electrons. The molecular formula is C16H27NOS. The van der Waals surface area contributed by atoms with Crippen LogP contribution in [0.1, 0.15) is 73.4 Å². The molecule has 1 aromatic heterocycles. The summed E-state index contributed by atoms with van der Waals surface area (Å²) in [5.74, 6) is 1.66. The van der Waals surface area contributed by atoms with Gasteiger partial charge in [-0.05, 0) is 38.5 Å². The summed E-state index contributed by atoms with van der Waals surface area (Å²) >= 11 is 1.84. The Hall–Kier alpha value is -0.410. The Morgan fingerprint density at radius 2 is 2.00 bits per heavy atom. The molecule has 2 nitrogen and oxygen atoms in total. The number of thiazole rings is 1. The van der Waals surface area contributed by atoms with E-state index in [0.29, 0.717) is 5.92 Å². The molecule has 1 N–H and O–H groups in total. The van der Waals surface area contributed by atoms with E-state index in [9.17, 15) is 0 Å². The number of unbranched alkanes of at least 4 members (excludes halogenated alkanes) is 1. The molecule has 1 aromatic rings. The van der Waals surface area contributed by atoms with Crippen LogP contribution in [0.4, 0.5) is 0 Å². The molecule has 1 fully saturated rings. The third-order valence-corrected chi connectivity index (χ3v) is 5.79. The lowest BCUT2D eigenvalue weighted by atomic mass is 9.80. The number of aliphatic hydroxyl groups is 1. The minimum absolute atomic E-state index is 0.242. The van der Waals surface area contributed by atoms with Crippen LogP contribution < -0.4 is 0 Å². The third-order valence-electron chi connectivity index (χ3n) is 4.41. The van der Waals surface area contributed by atoms with Gasteiger partial charge in [-0.25, -0.2) is 4.98 Å². The van der Waals surface area contributed by atoms with Crippen molar-refractivity contribution in [2.45, 2.75) is 71.1 Å². The molecule has 0 unspecified atom stereocenters. The van der Waals surface area contributed by atoms with Gasteiger partial charge in [0, 0.05) is 23.8 Å². The fourth-order valence-corrected chi connectivity index (χ4v) is 4.37. The van der Waals surface area contributed by atoms with Crippen molar-refractivity contribution in [1.82, 2.24) is 4.98 Å². The van der Waals surface area contributed by atoms with Crippen LogP contribution in [0.3, 0.4) is 0 Å². The first-order chi connectivity index (χ1) is 9.24. The summed E-state index contributed by atoms with van der Waals surface area (Å²) in [5, 5.41) is 10.4. The van der Waals surface area contributed by atoms with Crippen LogP contribution in [0.5, 0.6) is 0 Å². The van der Waals surface area contributed by atoms with Gasteiger partial charge < -0.3 is 5.11 Å². The van der Waals surface area contributed by atoms with E-state index >= 15 is 0 Å². The Bertz CT molecular complexity index is 380. The van der Waals surface area contributed by atoms with Crippen molar-refractivity contribution in [3.8, 4) is 0 Å². The molecule has 2 rings (SSSR count). The van der Waals surface area contributed by atoms with E-state index in [1.807, 2.05) is 11.3 Å². The standard InChI is InChI=1S/C16H27NOS/c1-3-4-5-13-6-8-14(9-7-13)16-17-12(2)15(19-16)10-11-18/h13-14,18H,3-11H2,1-2H3. The number of aliphatic hydroxyl groups excluding tert-OH is 1. The first kappa shape index (κ1) is 15.0. The molecule has 19 heavy (non-hydrogen) atoms. The molecule has 0 spiro atoms. The summed E-state index contributed by atoms with van der Waals surface area (Å²) in [6.07, 6.45) is 10.3. The monoisotopic (exact) mass is 281 g/mol. The summed E-state index contributed by atoms with van der Waals surface area (Å²) in [5.41, 5.74) is 1.14. The van der Waals surface area contributed by atoms with Crippen molar-refractivity contribution >= 4 is 11.3 Å². The molecule has 0 atom stereocenters. The number of aromatic nitrogens is 1. The smallest absolute Gasteiger partial charge is 0.0961 e. The van der Waals surface area contributed by atoms with Crippen LogP contribution in [-0.4, -0.2) is 16.7 Å². The van der Waals surface area contributed by atoms with Gasteiger partial charge in [0.25, 0.3) is 0 Å². The number of hydrogen-bond acceptors (Lipinski definition) is 3. The normalized spacial score (nSPS) is 23.7. The Kier molecular flexibility index (Phi) is 5.83. The van der Waals surface area contributed by atoms with Crippen LogP contribution in [0.25, 0.3) is 0 Å². The molecule has 0 saturated heterocycles. The van der Waals surface area contributed by atoms with Crippen LogP contribution in [0.15, 0.2) is 0 Å². The topological polar surface area (TPSA) is 33.1 Å². The Balaban J connectivity index is 1.88. The molecule has 0 aromatic carbocycles. The maximum Gasteiger partial charge on any atom is 0.0961 e. The highest BCUT2D eigenvalue weighted by molar-refractivity contribution is 7.11. The summed E-state index contributed by atoms with van der Waals surface area (Å²) in [7, 11) is 0. The van der Waals surface area contributed by atoms with Crippen molar-refractivity contribution in [2.24, 2.45) is 5.92 Å². The molecule has 1 heterocycles. The van der Waals surface area contributed by atoms with Gasteiger partial charge in [-0.1, -0.05) is 26.2 Å². The molecule has 0 amide bonds. The van der Waals surface area contributed by atoms with Crippen molar-refractivity contribution in [3.05, 3.63) is 15.6 Å². The van der Waals surface area contributed by atoms with Gasteiger partial charge in [0.2, 0.25) is 0 Å². The van der Waals surface area contributed by atoms with Gasteiger partial charge in [-0.3, -0.25) is 0 Å². The zero-order chi connectivity index (χ0) is 13.7. The van der Waals surface area contributed by atoms with Crippen molar-refractivity contribution in [1.29, 1.82) is 0 Å². The zero-order valence-electron chi connectivity index (χ0n) is 12.3. The fourth-order valence-electron chi connectivity index (χ4n) is 3.15. The minimum atomic E-state index is 0.242. The second-order valence-electron chi connectivity index (χ2n) is 5.89. The molecule has 3 heteroatoms. The first-order valence-electron chi connectivity index (χ1n) is 7.81. The van der Waals surface area contributed by atoms with Crippen LogP contribution in [0.2, 0.25) is 0 Å². The lowest BCUT2D eigenvalue weighted by Crippen LogP contribution is -2.13. The molecule has 1 aliphatic rings. The van der Waals surface area contributed by atoms with Gasteiger partial charge in [0.1, 0.15) is 0 Å². The van der Waals surface area contributed by atoms with E-state index in [-0.39, 0.29) is 6.61 Å². The van der Waals surface area contributed by atoms with Crippen LogP contribution >= 0.6 is 11.3 Å². The van der Waals surface area contributed by atoms with Gasteiger partial charge in [-0.15, -0.1) is 11.3 Å². The van der Waals surface area contributed by atoms with Crippen molar-refractivity contribution in [2.75, 3.05) is 6.61 Å². The quantitative estimate of drug-likeness (QED) is 0.835. The maximum atomic E-state index is 9.06. The third kappa shape index (κ3) is 4.03. The average molecular weight is 281 g/mol. The molecule has 0 bridgehead atoms. The lowest BCUT2D eigenvalue weighted by molar-refractivity contribution is 0.300. The van der Waals surface area contributed by atoms with Crippen molar-refractivity contribution < 1.29 is 5.11 Å². The minimum Gasteiger partial charge on any atom is -0.396 e. The van der Waals surface area contributed by atoms with Gasteiger partial charge in [0.15, 0.2) is 0 Å². The van der Waals surface area contributed by atoms with E-state index in [4.69, 9.17) is 10.1 Å². The average Bonchev–Trinajstić information content (AvgIpc) is 2.79. The fraction of sp³-hybridized carbons (Fsp3) is 0.812. The second kappa shape index (κ2) is 7.39. The predicted molar refractivity (Wildman–Crippen MR) is 81.9 cm³/mol. The van der Waals surface area contributed by atoms with E-state index in [0.717, 1.165) is 18.0 Å². The molecule has 108 valence electrons. The number of nitrogens with zero attached hydrogens (tertiary/aromatic N) is 1. The summed E-state index contributed by atoms with van der Waals surface area (Å²) in [6.45, 7) is 4.61. The van der Waals surface area contributed by atoms with Gasteiger partial charge in [-0.2, -0.15) is 0 Å². The van der Waals surface area contributed by atoms with E-state index in [1.54, 1.807) is 0 Å². The maximum absolute atomic E-state index is 9.06. The van der Waals surface area contributed by atoms with E-state index in [1.165, 1.54) is 54.8 Å². The van der Waals surface area contributed by atoms with Crippen LogP contribution in [0, 0.1) is 12.8 Å². The summed E-state index contributed by atoms with van der Waals surface area (Å²) < 4.78 is 0. The number of aryl methyl sites for hydroxylation is 1. The molecule has 1 saturated carbocycles. The largest absolute Gasteiger partial charge is 0.396 e. The highest BCUT2D eigenvalue weighted by atomic mass is 32.1. The Morgan fingerprint density at radius 3 is 2.63 bits per heavy atom. The summed E-state index contributed by atoms with van der Waals surface area (Å²) in [4.78, 5) is 6.03. The number of rotatable bonds is 6. The van der Waals surface area contributed by atoms with Gasteiger partial charge in [0.05, 0.1) is 10.7 Å². The second-order valence-corrected chi connectivity index (χ2v) is 7.01. The first-order valence-corrected chi connectivity index (χ1v) is 8.63. The van der Waals surface area contributed by atoms with Crippen molar-refractivity contribution in [3.63, 3.8) is 0 Å². The Morgan fingerprint density at radius 1 is 1.26 bits per heavy atom. The SMILES string of the molecule is CCCCC1CCC(c2nc(C)c(CCO)s2)CC1. The Labute approximate surface area is 121 Å². The zero-order valence-corrected chi connectivity index (χ0v) is 13.1. The molecule has 0 aliphatic heterocycles. The lowest BCUT2D eigenvalue weighted by Gasteiger charge is -2.27. The van der Waals surface area contributed by atoms with E-state index in [2.05, 4.69) is 13.8 Å². The highest BCUT2D eigenvalue weighted by Crippen LogP contribution is 2.39. The molecular weight excluding hydrogens is 254 g/mol.